The van der Waals surface area contributed by atoms with Crippen molar-refractivity contribution in [1.82, 2.24) is 5.32 Å². The summed E-state index contributed by atoms with van der Waals surface area (Å²) in [5, 5.41) is 4.92. The van der Waals surface area contributed by atoms with E-state index in [1.807, 2.05) is 24.3 Å². The second kappa shape index (κ2) is 9.00. The predicted molar refractivity (Wildman–Crippen MR) is 103 cm³/mol. The molecule has 0 radical (unpaired) electrons. The Morgan fingerprint density at radius 3 is 2.48 bits per heavy atom. The number of halogens is 2. The maximum atomic E-state index is 13.3. The molecule has 0 bridgehead atoms. The second-order valence-corrected chi connectivity index (χ2v) is 6.86. The summed E-state index contributed by atoms with van der Waals surface area (Å²) in [6.45, 7) is 1.25. The van der Waals surface area contributed by atoms with E-state index in [9.17, 15) is 18.4 Å². The number of benzene rings is 2. The molecular formula is C21H22F2N2O4. The number of para-hydroxylation sites is 1. The van der Waals surface area contributed by atoms with Crippen LogP contribution in [0.4, 0.5) is 14.5 Å². The lowest BCUT2D eigenvalue weighted by Crippen LogP contribution is -2.47. The van der Waals surface area contributed by atoms with Crippen molar-refractivity contribution in [2.45, 2.75) is 18.3 Å². The molecule has 0 saturated carbocycles. The third-order valence-corrected chi connectivity index (χ3v) is 5.10. The maximum absolute atomic E-state index is 13.3. The van der Waals surface area contributed by atoms with Gasteiger partial charge in [-0.3, -0.25) is 9.59 Å². The summed E-state index contributed by atoms with van der Waals surface area (Å²) in [4.78, 5) is 24.5. The van der Waals surface area contributed by atoms with Crippen molar-refractivity contribution in [2.24, 2.45) is 0 Å². The largest absolute Gasteiger partial charge is 0.496 e. The molecule has 2 N–H and O–H groups in total. The zero-order valence-corrected chi connectivity index (χ0v) is 16.0. The Bertz CT molecular complexity index is 898. The van der Waals surface area contributed by atoms with Crippen LogP contribution >= 0.6 is 0 Å². The van der Waals surface area contributed by atoms with Gasteiger partial charge in [0.15, 0.2) is 11.6 Å². The second-order valence-electron chi connectivity index (χ2n) is 6.86. The van der Waals surface area contributed by atoms with Gasteiger partial charge in [0.1, 0.15) is 5.75 Å². The highest BCUT2D eigenvalue weighted by Crippen LogP contribution is 2.39. The van der Waals surface area contributed by atoms with E-state index in [1.165, 1.54) is 6.07 Å². The van der Waals surface area contributed by atoms with E-state index in [-0.39, 0.29) is 12.2 Å². The first-order valence-electron chi connectivity index (χ1n) is 9.21. The molecule has 0 atom stereocenters. The number of anilines is 1. The molecule has 1 fully saturated rings. The van der Waals surface area contributed by atoms with E-state index in [4.69, 9.17) is 9.47 Å². The van der Waals surface area contributed by atoms with Crippen LogP contribution in [0.15, 0.2) is 42.5 Å². The normalized spacial score (nSPS) is 15.4. The molecule has 0 spiro atoms. The molecule has 8 heteroatoms. The number of hydrogen-bond acceptors (Lipinski definition) is 4. The van der Waals surface area contributed by atoms with Gasteiger partial charge in [-0.05, 0) is 31.0 Å². The van der Waals surface area contributed by atoms with Gasteiger partial charge in [-0.15, -0.1) is 0 Å². The molecule has 154 valence electrons. The molecule has 1 saturated heterocycles. The number of carbonyl (C=O) groups excluding carboxylic acids is 2. The smallest absolute Gasteiger partial charge is 0.313 e. The minimum Gasteiger partial charge on any atom is -0.496 e. The Labute approximate surface area is 167 Å². The van der Waals surface area contributed by atoms with E-state index < -0.39 is 28.9 Å². The van der Waals surface area contributed by atoms with Gasteiger partial charge in [-0.2, -0.15) is 0 Å². The van der Waals surface area contributed by atoms with Gasteiger partial charge in [0.25, 0.3) is 0 Å². The van der Waals surface area contributed by atoms with Crippen LogP contribution in [0, 0.1) is 11.6 Å². The van der Waals surface area contributed by atoms with Crippen LogP contribution in [0.2, 0.25) is 0 Å². The monoisotopic (exact) mass is 404 g/mol. The van der Waals surface area contributed by atoms with Gasteiger partial charge in [0.05, 0.1) is 7.11 Å². The topological polar surface area (TPSA) is 76.7 Å². The fourth-order valence-electron chi connectivity index (χ4n) is 3.48. The quantitative estimate of drug-likeness (QED) is 0.752. The highest BCUT2D eigenvalue weighted by molar-refractivity contribution is 6.39. The first-order chi connectivity index (χ1) is 13.9. The Morgan fingerprint density at radius 2 is 1.79 bits per heavy atom. The molecule has 1 aliphatic heterocycles. The lowest BCUT2D eigenvalue weighted by molar-refractivity contribution is -0.136. The summed E-state index contributed by atoms with van der Waals surface area (Å²) < 4.78 is 37.2. The van der Waals surface area contributed by atoms with Crippen LogP contribution < -0.4 is 15.4 Å². The highest BCUT2D eigenvalue weighted by Gasteiger charge is 2.37. The molecule has 6 nitrogen and oxygen atoms in total. The van der Waals surface area contributed by atoms with Crippen molar-refractivity contribution in [2.75, 3.05) is 32.2 Å². The van der Waals surface area contributed by atoms with Crippen molar-refractivity contribution in [3.63, 3.8) is 0 Å². The molecule has 1 heterocycles. The summed E-state index contributed by atoms with van der Waals surface area (Å²) in [6.07, 6.45) is 1.30. The SMILES string of the molecule is COc1ccccc1C1(CNC(=O)C(=O)Nc2ccc(F)c(F)c2)CCOCC1. The number of rotatable bonds is 5. The lowest BCUT2D eigenvalue weighted by atomic mass is 9.73. The fourth-order valence-corrected chi connectivity index (χ4v) is 3.48. The number of carbonyl (C=O) groups is 2. The molecule has 3 rings (SSSR count). The summed E-state index contributed by atoms with van der Waals surface area (Å²) >= 11 is 0. The average Bonchev–Trinajstić information content (AvgIpc) is 2.75. The minimum absolute atomic E-state index is 0.00504. The van der Waals surface area contributed by atoms with Gasteiger partial charge in [-0.1, -0.05) is 18.2 Å². The van der Waals surface area contributed by atoms with Gasteiger partial charge < -0.3 is 20.1 Å². The summed E-state index contributed by atoms with van der Waals surface area (Å²) in [7, 11) is 1.58. The zero-order valence-electron chi connectivity index (χ0n) is 16.0. The minimum atomic E-state index is -1.11. The molecule has 29 heavy (non-hydrogen) atoms. The molecule has 2 aromatic carbocycles. The average molecular weight is 404 g/mol. The van der Waals surface area contributed by atoms with Gasteiger partial charge in [0.2, 0.25) is 0 Å². The van der Waals surface area contributed by atoms with Crippen molar-refractivity contribution in [3.05, 3.63) is 59.7 Å². The van der Waals surface area contributed by atoms with Crippen LogP contribution in [0.3, 0.4) is 0 Å². The summed E-state index contributed by atoms with van der Waals surface area (Å²) in [5.74, 6) is -3.27. The molecular weight excluding hydrogens is 382 g/mol. The third-order valence-electron chi connectivity index (χ3n) is 5.10. The van der Waals surface area contributed by atoms with Crippen molar-refractivity contribution in [3.8, 4) is 5.75 Å². The predicted octanol–water partition coefficient (Wildman–Crippen LogP) is 2.78. The molecule has 1 aliphatic rings. The first-order valence-corrected chi connectivity index (χ1v) is 9.21. The van der Waals surface area contributed by atoms with Crippen molar-refractivity contribution >= 4 is 17.5 Å². The first kappa shape index (κ1) is 20.7. The Kier molecular flexibility index (Phi) is 6.43. The van der Waals surface area contributed by atoms with Gasteiger partial charge >= 0.3 is 11.8 Å². The van der Waals surface area contributed by atoms with Crippen LogP contribution in [-0.4, -0.2) is 38.7 Å². The Morgan fingerprint density at radius 1 is 1.07 bits per heavy atom. The maximum Gasteiger partial charge on any atom is 0.313 e. The standard InChI is InChI=1S/C21H22F2N2O4/c1-28-18-5-3-2-4-15(18)21(8-10-29-11-9-21)13-24-19(26)20(27)25-14-6-7-16(22)17(23)12-14/h2-7,12H,8-11,13H2,1H3,(H,24,26)(H,25,27). The van der Waals surface area contributed by atoms with Gasteiger partial charge in [-0.25, -0.2) is 8.78 Å². The van der Waals surface area contributed by atoms with Crippen LogP contribution in [0.1, 0.15) is 18.4 Å². The highest BCUT2D eigenvalue weighted by atomic mass is 19.2. The number of amides is 2. The number of nitrogens with one attached hydrogen (secondary N) is 2. The van der Waals surface area contributed by atoms with Crippen LogP contribution in [0.25, 0.3) is 0 Å². The number of hydrogen-bond donors (Lipinski definition) is 2. The van der Waals surface area contributed by atoms with Crippen LogP contribution in [0.5, 0.6) is 5.75 Å². The van der Waals surface area contributed by atoms with E-state index in [2.05, 4.69) is 10.6 Å². The molecule has 0 aromatic heterocycles. The third kappa shape index (κ3) is 4.71. The molecule has 2 aromatic rings. The number of ether oxygens (including phenoxy) is 2. The molecule has 2 amide bonds. The van der Waals surface area contributed by atoms with Crippen molar-refractivity contribution in [1.29, 1.82) is 0 Å². The molecule has 0 unspecified atom stereocenters. The van der Waals surface area contributed by atoms with E-state index in [0.717, 1.165) is 17.7 Å². The fraction of sp³-hybridized carbons (Fsp3) is 0.333. The number of methoxy groups -OCH3 is 1. The molecule has 0 aliphatic carbocycles. The summed E-state index contributed by atoms with van der Waals surface area (Å²) in [5.41, 5.74) is 0.490. The Hall–Kier alpha value is -3.00. The van der Waals surface area contributed by atoms with Crippen LogP contribution in [-0.2, 0) is 19.7 Å². The Balaban J connectivity index is 1.71. The van der Waals surface area contributed by atoms with Crippen molar-refractivity contribution < 1.29 is 27.8 Å². The van der Waals surface area contributed by atoms with E-state index in [1.54, 1.807) is 7.11 Å². The zero-order chi connectivity index (χ0) is 20.9. The lowest BCUT2D eigenvalue weighted by Gasteiger charge is -2.38. The van der Waals surface area contributed by atoms with Gasteiger partial charge in [0, 0.05) is 42.5 Å². The van der Waals surface area contributed by atoms with E-state index in [0.29, 0.717) is 31.8 Å². The summed E-state index contributed by atoms with van der Waals surface area (Å²) in [6, 6.07) is 10.4. The van der Waals surface area contributed by atoms with E-state index >= 15 is 0 Å².